The first-order valence-electron chi connectivity index (χ1n) is 5.53. The molecule has 2 aromatic rings. The first-order valence-corrected chi connectivity index (χ1v) is 5.53. The molecule has 0 saturated carbocycles. The Morgan fingerprint density at radius 1 is 0.850 bits per heavy atom. The Morgan fingerprint density at radius 3 is 1.70 bits per heavy atom. The topological polar surface area (TPSA) is 15.8 Å². The molecule has 0 aliphatic rings. The number of H-pyrrole nitrogens is 1. The Labute approximate surface area is 110 Å². The van der Waals surface area contributed by atoms with Gasteiger partial charge in [-0.05, 0) is 42.3 Å². The van der Waals surface area contributed by atoms with Gasteiger partial charge < -0.3 is 4.98 Å². The third kappa shape index (κ3) is 2.81. The maximum Gasteiger partial charge on any atom is 0.416 e. The van der Waals surface area contributed by atoms with Crippen LogP contribution in [0, 0.1) is 6.92 Å². The van der Waals surface area contributed by atoms with Crippen LogP contribution in [0.2, 0.25) is 0 Å². The normalized spacial score (nSPS) is 12.8. The fourth-order valence-electron chi connectivity index (χ4n) is 1.86. The molecule has 20 heavy (non-hydrogen) atoms. The maximum absolute atomic E-state index is 12.7. The predicted octanol–water partition coefficient (Wildman–Crippen LogP) is 5.03. The third-order valence-corrected chi connectivity index (χ3v) is 2.83. The van der Waals surface area contributed by atoms with Gasteiger partial charge in [-0.25, -0.2) is 0 Å². The van der Waals surface area contributed by atoms with Gasteiger partial charge in [-0.1, -0.05) is 0 Å². The standard InChI is InChI=1S/C13H9F6N/c1-7-2-3-20-11(7)8-4-9(12(14,15)16)6-10(5-8)13(17,18)19/h2-6,20H,1H3. The maximum atomic E-state index is 12.7. The Balaban J connectivity index is 2.67. The average molecular weight is 293 g/mol. The highest BCUT2D eigenvalue weighted by Crippen LogP contribution is 2.38. The fraction of sp³-hybridized carbons (Fsp3) is 0.231. The largest absolute Gasteiger partial charge is 0.416 e. The minimum Gasteiger partial charge on any atom is -0.361 e. The molecule has 7 heteroatoms. The van der Waals surface area contributed by atoms with Crippen LogP contribution in [-0.4, -0.2) is 4.98 Å². The molecular weight excluding hydrogens is 284 g/mol. The van der Waals surface area contributed by atoms with Gasteiger partial charge >= 0.3 is 12.4 Å². The number of aromatic nitrogens is 1. The second kappa shape index (κ2) is 4.57. The minimum atomic E-state index is -4.84. The van der Waals surface area contributed by atoms with Crippen LogP contribution < -0.4 is 0 Å². The lowest BCUT2D eigenvalue weighted by Crippen LogP contribution is -2.11. The van der Waals surface area contributed by atoms with Gasteiger partial charge in [0.05, 0.1) is 11.1 Å². The zero-order valence-electron chi connectivity index (χ0n) is 10.2. The van der Waals surface area contributed by atoms with E-state index in [-0.39, 0.29) is 17.3 Å². The smallest absolute Gasteiger partial charge is 0.361 e. The van der Waals surface area contributed by atoms with E-state index in [4.69, 9.17) is 0 Å². The van der Waals surface area contributed by atoms with Crippen LogP contribution >= 0.6 is 0 Å². The van der Waals surface area contributed by atoms with Crippen molar-refractivity contribution in [3.8, 4) is 11.3 Å². The van der Waals surface area contributed by atoms with Gasteiger partial charge in [-0.2, -0.15) is 26.3 Å². The zero-order valence-corrected chi connectivity index (χ0v) is 10.2. The zero-order chi connectivity index (χ0) is 15.1. The summed E-state index contributed by atoms with van der Waals surface area (Å²) in [7, 11) is 0. The molecule has 1 heterocycles. The van der Waals surface area contributed by atoms with Crippen LogP contribution in [0.1, 0.15) is 16.7 Å². The van der Waals surface area contributed by atoms with Crippen molar-refractivity contribution in [1.82, 2.24) is 4.98 Å². The monoisotopic (exact) mass is 293 g/mol. The summed E-state index contributed by atoms with van der Waals surface area (Å²) in [6.45, 7) is 1.60. The molecule has 0 saturated heterocycles. The highest BCUT2D eigenvalue weighted by molar-refractivity contribution is 5.65. The lowest BCUT2D eigenvalue weighted by molar-refractivity contribution is -0.143. The van der Waals surface area contributed by atoms with Crippen molar-refractivity contribution >= 4 is 0 Å². The number of rotatable bonds is 1. The molecule has 1 nitrogen and oxygen atoms in total. The van der Waals surface area contributed by atoms with E-state index in [0.29, 0.717) is 17.7 Å². The predicted molar refractivity (Wildman–Crippen MR) is 61.0 cm³/mol. The first kappa shape index (κ1) is 14.5. The van der Waals surface area contributed by atoms with Crippen molar-refractivity contribution in [2.45, 2.75) is 19.3 Å². The van der Waals surface area contributed by atoms with E-state index in [2.05, 4.69) is 4.98 Å². The first-order chi connectivity index (χ1) is 9.09. The number of nitrogens with one attached hydrogen (secondary N) is 1. The second-order valence-electron chi connectivity index (χ2n) is 4.33. The quantitative estimate of drug-likeness (QED) is 0.710. The number of aromatic amines is 1. The highest BCUT2D eigenvalue weighted by atomic mass is 19.4. The summed E-state index contributed by atoms with van der Waals surface area (Å²) in [5.41, 5.74) is -1.98. The summed E-state index contributed by atoms with van der Waals surface area (Å²) in [6.07, 6.45) is -8.22. The third-order valence-electron chi connectivity index (χ3n) is 2.83. The number of halogens is 6. The molecule has 1 aromatic carbocycles. The van der Waals surface area contributed by atoms with Gasteiger partial charge in [0.1, 0.15) is 0 Å². The van der Waals surface area contributed by atoms with E-state index >= 15 is 0 Å². The fourth-order valence-corrected chi connectivity index (χ4v) is 1.86. The molecule has 0 fully saturated rings. The molecule has 2 rings (SSSR count). The molecule has 0 aliphatic carbocycles. The number of hydrogen-bond donors (Lipinski definition) is 1. The summed E-state index contributed by atoms with van der Waals surface area (Å²) in [5.74, 6) is 0. The lowest BCUT2D eigenvalue weighted by Gasteiger charge is -2.14. The van der Waals surface area contributed by atoms with Crippen LogP contribution in [0.4, 0.5) is 26.3 Å². The SMILES string of the molecule is Cc1cc[nH]c1-c1cc(C(F)(F)F)cc(C(F)(F)F)c1. The molecule has 0 unspecified atom stereocenters. The minimum absolute atomic E-state index is 0.113. The molecule has 0 radical (unpaired) electrons. The molecule has 0 aliphatic heterocycles. The van der Waals surface area contributed by atoms with Crippen molar-refractivity contribution in [3.05, 3.63) is 47.2 Å². The van der Waals surface area contributed by atoms with Crippen molar-refractivity contribution in [2.75, 3.05) is 0 Å². The summed E-state index contributed by atoms with van der Waals surface area (Å²) in [5, 5.41) is 0. The van der Waals surface area contributed by atoms with Crippen molar-refractivity contribution in [1.29, 1.82) is 0 Å². The van der Waals surface area contributed by atoms with Crippen LogP contribution in [0.15, 0.2) is 30.5 Å². The molecular formula is C13H9F6N. The van der Waals surface area contributed by atoms with E-state index in [1.54, 1.807) is 13.0 Å². The summed E-state index contributed by atoms with van der Waals surface area (Å²) in [6, 6.07) is 3.09. The second-order valence-corrected chi connectivity index (χ2v) is 4.33. The number of aryl methyl sites for hydroxylation is 1. The van der Waals surface area contributed by atoms with Crippen molar-refractivity contribution in [3.63, 3.8) is 0 Å². The van der Waals surface area contributed by atoms with Gasteiger partial charge in [-0.3, -0.25) is 0 Å². The van der Waals surface area contributed by atoms with Crippen molar-refractivity contribution in [2.24, 2.45) is 0 Å². The molecule has 1 N–H and O–H groups in total. The van der Waals surface area contributed by atoms with Gasteiger partial charge in [0.25, 0.3) is 0 Å². The molecule has 0 bridgehead atoms. The number of benzene rings is 1. The Morgan fingerprint density at radius 2 is 1.35 bits per heavy atom. The van der Waals surface area contributed by atoms with Crippen LogP contribution in [0.25, 0.3) is 11.3 Å². The highest BCUT2D eigenvalue weighted by Gasteiger charge is 2.37. The Bertz CT molecular complexity index is 588. The van der Waals surface area contributed by atoms with E-state index < -0.39 is 23.5 Å². The van der Waals surface area contributed by atoms with E-state index in [1.807, 2.05) is 0 Å². The average Bonchev–Trinajstić information content (AvgIpc) is 2.72. The number of alkyl halides is 6. The van der Waals surface area contributed by atoms with Crippen LogP contribution in [-0.2, 0) is 12.4 Å². The molecule has 0 amide bonds. The lowest BCUT2D eigenvalue weighted by atomic mass is 10.0. The summed E-state index contributed by atoms with van der Waals surface area (Å²) >= 11 is 0. The Kier molecular flexibility index (Phi) is 3.31. The molecule has 108 valence electrons. The molecule has 0 spiro atoms. The molecule has 1 aromatic heterocycles. The number of hydrogen-bond acceptors (Lipinski definition) is 0. The van der Waals surface area contributed by atoms with Crippen molar-refractivity contribution < 1.29 is 26.3 Å². The summed E-state index contributed by atoms with van der Waals surface area (Å²) < 4.78 is 76.2. The summed E-state index contributed by atoms with van der Waals surface area (Å²) in [4.78, 5) is 2.64. The van der Waals surface area contributed by atoms with E-state index in [1.165, 1.54) is 6.20 Å². The molecule has 0 atom stereocenters. The van der Waals surface area contributed by atoms with Crippen LogP contribution in [0.5, 0.6) is 0 Å². The van der Waals surface area contributed by atoms with Gasteiger partial charge in [0.15, 0.2) is 0 Å². The van der Waals surface area contributed by atoms with Gasteiger partial charge in [0.2, 0.25) is 0 Å². The van der Waals surface area contributed by atoms with Gasteiger partial charge in [0, 0.05) is 11.9 Å². The Hall–Kier alpha value is -1.92. The van der Waals surface area contributed by atoms with E-state index in [9.17, 15) is 26.3 Å². The van der Waals surface area contributed by atoms with Crippen LogP contribution in [0.3, 0.4) is 0 Å². The van der Waals surface area contributed by atoms with Gasteiger partial charge in [-0.15, -0.1) is 0 Å². The van der Waals surface area contributed by atoms with E-state index in [0.717, 1.165) is 0 Å².